The highest BCUT2D eigenvalue weighted by Gasteiger charge is 2.15. The van der Waals surface area contributed by atoms with E-state index in [1.807, 2.05) is 31.2 Å². The third-order valence-electron chi connectivity index (χ3n) is 3.37. The van der Waals surface area contributed by atoms with Gasteiger partial charge in [-0.3, -0.25) is 15.5 Å². The fraction of sp³-hybridized carbons (Fsp3) is 0.176. The van der Waals surface area contributed by atoms with Crippen LogP contribution in [0, 0.1) is 17.0 Å². The lowest BCUT2D eigenvalue weighted by atomic mass is 10.2. The minimum Gasteiger partial charge on any atom is -0.372 e. The van der Waals surface area contributed by atoms with Gasteiger partial charge in [-0.2, -0.15) is 5.10 Å². The number of nitrogens with zero attached hydrogens (tertiary/aromatic N) is 3. The molecule has 2 N–H and O–H groups in total. The maximum atomic E-state index is 11.2. The summed E-state index contributed by atoms with van der Waals surface area (Å²) in [6.45, 7) is 2.01. The number of anilines is 2. The average molecular weight is 357 g/mol. The molecule has 0 unspecified atom stereocenters. The zero-order valence-electron chi connectivity index (χ0n) is 14.2. The highest BCUT2D eigenvalue weighted by Crippen LogP contribution is 2.27. The smallest absolute Gasteiger partial charge is 0.293 e. The van der Waals surface area contributed by atoms with Gasteiger partial charge in [0.25, 0.3) is 5.69 Å². The molecule has 0 atom stereocenters. The lowest BCUT2D eigenvalue weighted by Crippen LogP contribution is -2.23. The predicted octanol–water partition coefficient (Wildman–Crippen LogP) is 3.29. The van der Waals surface area contributed by atoms with E-state index in [-0.39, 0.29) is 5.69 Å². The Hall–Kier alpha value is -3.00. The molecule has 0 aliphatic carbocycles. The van der Waals surface area contributed by atoms with E-state index in [1.165, 1.54) is 12.3 Å². The lowest BCUT2D eigenvalue weighted by Gasteiger charge is -2.12. The highest BCUT2D eigenvalue weighted by atomic mass is 32.1. The van der Waals surface area contributed by atoms with Crippen LogP contribution in [0.15, 0.2) is 47.6 Å². The minimum atomic E-state index is -0.413. The zero-order valence-corrected chi connectivity index (χ0v) is 15.0. The Balaban J connectivity index is 2.01. The average Bonchev–Trinajstić information content (AvgIpc) is 2.56. The van der Waals surface area contributed by atoms with Gasteiger partial charge in [0, 0.05) is 31.4 Å². The van der Waals surface area contributed by atoms with E-state index in [2.05, 4.69) is 15.8 Å². The number of nitro groups is 1. The normalized spacial score (nSPS) is 10.5. The first-order chi connectivity index (χ1) is 11.9. The van der Waals surface area contributed by atoms with Crippen molar-refractivity contribution in [1.82, 2.24) is 5.43 Å². The van der Waals surface area contributed by atoms with Gasteiger partial charge in [0.15, 0.2) is 5.11 Å². The molecule has 0 aromatic heterocycles. The molecule has 0 spiro atoms. The number of hydrogen-bond acceptors (Lipinski definition) is 5. The van der Waals surface area contributed by atoms with Gasteiger partial charge >= 0.3 is 0 Å². The molecule has 0 aliphatic rings. The molecule has 2 aromatic carbocycles. The van der Waals surface area contributed by atoms with Gasteiger partial charge in [-0.05, 0) is 37.3 Å². The Labute approximate surface area is 151 Å². The topological polar surface area (TPSA) is 82.8 Å². The second-order valence-electron chi connectivity index (χ2n) is 5.59. The van der Waals surface area contributed by atoms with Crippen molar-refractivity contribution in [1.29, 1.82) is 0 Å². The number of thiocarbonyl (C=S) groups is 1. The summed E-state index contributed by atoms with van der Waals surface area (Å²) in [5.41, 5.74) is 5.85. The van der Waals surface area contributed by atoms with E-state index in [9.17, 15) is 10.1 Å². The number of benzene rings is 2. The van der Waals surface area contributed by atoms with Gasteiger partial charge in [-0.15, -0.1) is 0 Å². The van der Waals surface area contributed by atoms with E-state index >= 15 is 0 Å². The molecule has 0 amide bonds. The molecule has 130 valence electrons. The Bertz CT molecular complexity index is 803. The molecular formula is C17H19N5O2S. The van der Waals surface area contributed by atoms with Crippen molar-refractivity contribution in [2.45, 2.75) is 6.92 Å². The maximum absolute atomic E-state index is 11.2. The first-order valence-electron chi connectivity index (χ1n) is 7.49. The van der Waals surface area contributed by atoms with Crippen LogP contribution in [0.3, 0.4) is 0 Å². The summed E-state index contributed by atoms with van der Waals surface area (Å²) >= 11 is 5.16. The van der Waals surface area contributed by atoms with Gasteiger partial charge < -0.3 is 10.2 Å². The summed E-state index contributed by atoms with van der Waals surface area (Å²) in [7, 11) is 3.51. The van der Waals surface area contributed by atoms with Crippen molar-refractivity contribution in [3.8, 4) is 0 Å². The van der Waals surface area contributed by atoms with Crippen LogP contribution in [0.4, 0.5) is 17.1 Å². The molecular weight excluding hydrogens is 338 g/mol. The number of hydrogen-bond donors (Lipinski definition) is 2. The summed E-state index contributed by atoms with van der Waals surface area (Å²) in [4.78, 5) is 12.5. The van der Waals surface area contributed by atoms with Gasteiger partial charge in [0.2, 0.25) is 0 Å². The summed E-state index contributed by atoms with van der Waals surface area (Å²) in [5, 5.41) is 18.5. The summed E-state index contributed by atoms with van der Waals surface area (Å²) < 4.78 is 0. The zero-order chi connectivity index (χ0) is 18.4. The molecule has 0 saturated heterocycles. The fourth-order valence-electron chi connectivity index (χ4n) is 2.11. The van der Waals surface area contributed by atoms with Crippen molar-refractivity contribution in [2.75, 3.05) is 24.3 Å². The summed E-state index contributed by atoms with van der Waals surface area (Å²) in [5.74, 6) is 0. The molecule has 0 fully saturated rings. The third kappa shape index (κ3) is 5.25. The molecule has 0 radical (unpaired) electrons. The molecule has 0 aliphatic heterocycles. The largest absolute Gasteiger partial charge is 0.372 e. The third-order valence-corrected chi connectivity index (χ3v) is 3.56. The van der Waals surface area contributed by atoms with Crippen LogP contribution in [-0.4, -0.2) is 30.3 Å². The van der Waals surface area contributed by atoms with Crippen LogP contribution in [-0.2, 0) is 0 Å². The molecule has 2 rings (SSSR count). The molecule has 0 heterocycles. The summed E-state index contributed by atoms with van der Waals surface area (Å²) in [6, 6.07) is 12.7. The van der Waals surface area contributed by atoms with Crippen LogP contribution in [0.1, 0.15) is 11.1 Å². The Morgan fingerprint density at radius 1 is 1.24 bits per heavy atom. The molecule has 8 heteroatoms. The Morgan fingerprint density at radius 3 is 2.52 bits per heavy atom. The van der Waals surface area contributed by atoms with Gasteiger partial charge in [0.1, 0.15) is 5.69 Å². The van der Waals surface area contributed by atoms with Crippen LogP contribution in [0.5, 0.6) is 0 Å². The molecule has 0 bridgehead atoms. The number of hydrazone groups is 1. The second-order valence-corrected chi connectivity index (χ2v) is 6.00. The van der Waals surface area contributed by atoms with Gasteiger partial charge in [-0.1, -0.05) is 23.8 Å². The van der Waals surface area contributed by atoms with Gasteiger partial charge in [-0.25, -0.2) is 0 Å². The Kier molecular flexibility index (Phi) is 6.02. The minimum absolute atomic E-state index is 0.0225. The second kappa shape index (κ2) is 8.20. The van der Waals surface area contributed by atoms with Crippen molar-refractivity contribution >= 4 is 40.6 Å². The van der Waals surface area contributed by atoms with Crippen LogP contribution < -0.4 is 15.6 Å². The van der Waals surface area contributed by atoms with E-state index < -0.39 is 4.92 Å². The van der Waals surface area contributed by atoms with Crippen molar-refractivity contribution in [3.05, 3.63) is 63.7 Å². The number of aryl methyl sites for hydroxylation is 1. The van der Waals surface area contributed by atoms with Crippen molar-refractivity contribution in [2.24, 2.45) is 5.10 Å². The van der Waals surface area contributed by atoms with Gasteiger partial charge in [0.05, 0.1) is 11.1 Å². The molecule has 0 saturated carbocycles. The van der Waals surface area contributed by atoms with Crippen molar-refractivity contribution < 1.29 is 4.92 Å². The van der Waals surface area contributed by atoms with E-state index in [0.717, 1.165) is 11.3 Å². The van der Waals surface area contributed by atoms with Crippen molar-refractivity contribution in [3.63, 3.8) is 0 Å². The predicted molar refractivity (Wildman–Crippen MR) is 106 cm³/mol. The Morgan fingerprint density at radius 2 is 1.92 bits per heavy atom. The highest BCUT2D eigenvalue weighted by molar-refractivity contribution is 7.80. The molecule has 25 heavy (non-hydrogen) atoms. The lowest BCUT2D eigenvalue weighted by molar-refractivity contribution is -0.384. The first-order valence-corrected chi connectivity index (χ1v) is 7.90. The number of nitrogens with one attached hydrogen (secondary N) is 2. The standard InChI is InChI=1S/C17H19N5O2S/c1-12-4-7-14(8-5-12)19-17(25)20-18-11-13-6-9-15(21(2)3)16(10-13)22(23)24/h4-11H,1-3H3,(H2,19,20,25)/b18-11-. The SMILES string of the molecule is Cc1ccc(NC(=S)N/N=C\c2ccc(N(C)C)c([N+](=O)[O-])c2)cc1. The number of rotatable bonds is 5. The van der Waals surface area contributed by atoms with E-state index in [4.69, 9.17) is 12.2 Å². The van der Waals surface area contributed by atoms with E-state index in [1.54, 1.807) is 31.1 Å². The van der Waals surface area contributed by atoms with Crippen LogP contribution >= 0.6 is 12.2 Å². The molecule has 2 aromatic rings. The fourth-order valence-corrected chi connectivity index (χ4v) is 2.28. The van der Waals surface area contributed by atoms with Crippen LogP contribution in [0.2, 0.25) is 0 Å². The monoisotopic (exact) mass is 357 g/mol. The maximum Gasteiger partial charge on any atom is 0.293 e. The first kappa shape index (κ1) is 18.3. The quantitative estimate of drug-likeness (QED) is 0.370. The van der Waals surface area contributed by atoms with Crippen LogP contribution in [0.25, 0.3) is 0 Å². The molecule has 7 nitrogen and oxygen atoms in total. The van der Waals surface area contributed by atoms with E-state index in [0.29, 0.717) is 16.4 Å². The number of nitro benzene ring substituents is 1. The summed E-state index contributed by atoms with van der Waals surface area (Å²) in [6.07, 6.45) is 1.48.